The Balaban J connectivity index is 2.04. The van der Waals surface area contributed by atoms with Gasteiger partial charge in [0.25, 0.3) is 5.91 Å². The average Bonchev–Trinajstić information content (AvgIpc) is 2.75. The monoisotopic (exact) mass is 309 g/mol. The molecule has 0 unspecified atom stereocenters. The maximum absolute atomic E-state index is 11.9. The summed E-state index contributed by atoms with van der Waals surface area (Å²) in [5, 5.41) is 10.4. The van der Waals surface area contributed by atoms with Crippen molar-refractivity contribution in [2.75, 3.05) is 5.73 Å². The number of hydrogen-bond donors (Lipinski definition) is 2. The third-order valence-corrected chi connectivity index (χ3v) is 3.19. The van der Waals surface area contributed by atoms with E-state index in [1.165, 1.54) is 0 Å². The lowest BCUT2D eigenvalue weighted by molar-refractivity contribution is 0.0949. The van der Waals surface area contributed by atoms with Crippen molar-refractivity contribution in [2.24, 2.45) is 7.05 Å². The van der Waals surface area contributed by atoms with E-state index in [4.69, 9.17) is 5.73 Å². The van der Waals surface area contributed by atoms with Crippen molar-refractivity contribution in [3.05, 3.63) is 40.4 Å². The van der Waals surface area contributed by atoms with Crippen LogP contribution in [0.25, 0.3) is 0 Å². The molecule has 0 bridgehead atoms. The van der Waals surface area contributed by atoms with Crippen LogP contribution in [-0.4, -0.2) is 20.7 Å². The Bertz CT molecular complexity index is 581. The van der Waals surface area contributed by atoms with Crippen LogP contribution in [0.5, 0.6) is 0 Å². The van der Waals surface area contributed by atoms with Crippen molar-refractivity contribution in [1.29, 1.82) is 0 Å². The Hall–Kier alpha value is -1.89. The van der Waals surface area contributed by atoms with Crippen molar-refractivity contribution >= 4 is 27.5 Å². The summed E-state index contributed by atoms with van der Waals surface area (Å²) in [5.74, 6) is 0.491. The van der Waals surface area contributed by atoms with Gasteiger partial charge in [-0.2, -0.15) is 0 Å². The predicted octanol–water partition coefficient (Wildman–Crippen LogP) is 1.09. The highest BCUT2D eigenvalue weighted by molar-refractivity contribution is 9.10. The molecule has 1 amide bonds. The zero-order chi connectivity index (χ0) is 13.1. The Morgan fingerprint density at radius 1 is 1.56 bits per heavy atom. The molecule has 0 aliphatic rings. The van der Waals surface area contributed by atoms with Crippen LogP contribution in [0, 0.1) is 0 Å². The van der Waals surface area contributed by atoms with Crippen LogP contribution in [0.15, 0.2) is 29.0 Å². The summed E-state index contributed by atoms with van der Waals surface area (Å²) in [6.45, 7) is 0.325. The second-order valence-corrected chi connectivity index (χ2v) is 4.63. The molecule has 18 heavy (non-hydrogen) atoms. The van der Waals surface area contributed by atoms with Crippen LogP contribution < -0.4 is 11.1 Å². The molecular formula is C11H12BrN5O. The highest BCUT2D eigenvalue weighted by Crippen LogP contribution is 2.20. The fourth-order valence-corrected chi connectivity index (χ4v) is 1.66. The molecule has 0 saturated carbocycles. The Morgan fingerprint density at radius 2 is 2.33 bits per heavy atom. The normalized spacial score (nSPS) is 10.3. The largest absolute Gasteiger partial charge is 0.398 e. The lowest BCUT2D eigenvalue weighted by Gasteiger charge is -2.06. The number of benzene rings is 1. The molecule has 0 spiro atoms. The Morgan fingerprint density at radius 3 is 2.94 bits per heavy atom. The molecule has 2 rings (SSSR count). The van der Waals surface area contributed by atoms with Gasteiger partial charge in [0.15, 0.2) is 5.82 Å². The van der Waals surface area contributed by atoms with Gasteiger partial charge in [0, 0.05) is 22.8 Å². The van der Waals surface area contributed by atoms with E-state index in [-0.39, 0.29) is 5.91 Å². The van der Waals surface area contributed by atoms with Crippen molar-refractivity contribution in [1.82, 2.24) is 20.1 Å². The van der Waals surface area contributed by atoms with Gasteiger partial charge in [0.2, 0.25) is 0 Å². The summed E-state index contributed by atoms with van der Waals surface area (Å²) >= 11 is 3.28. The summed E-state index contributed by atoms with van der Waals surface area (Å²) < 4.78 is 2.52. The van der Waals surface area contributed by atoms with Crippen LogP contribution in [-0.2, 0) is 13.6 Å². The summed E-state index contributed by atoms with van der Waals surface area (Å²) in [7, 11) is 1.82. The van der Waals surface area contributed by atoms with E-state index in [0.29, 0.717) is 23.6 Å². The Kier molecular flexibility index (Phi) is 3.61. The van der Waals surface area contributed by atoms with Crippen molar-refractivity contribution in [2.45, 2.75) is 6.54 Å². The molecule has 0 aliphatic carbocycles. The molecule has 0 saturated heterocycles. The predicted molar refractivity (Wildman–Crippen MR) is 70.7 cm³/mol. The molecule has 0 radical (unpaired) electrons. The fraction of sp³-hybridized carbons (Fsp3) is 0.182. The van der Waals surface area contributed by atoms with E-state index in [1.54, 1.807) is 29.1 Å². The second-order valence-electron chi connectivity index (χ2n) is 3.78. The number of anilines is 1. The molecule has 1 heterocycles. The number of halogens is 1. The number of carbonyl (C=O) groups is 1. The highest BCUT2D eigenvalue weighted by atomic mass is 79.9. The first-order valence-electron chi connectivity index (χ1n) is 5.24. The summed E-state index contributed by atoms with van der Waals surface area (Å²) in [5.41, 5.74) is 6.76. The number of nitrogen functional groups attached to an aromatic ring is 1. The molecule has 0 atom stereocenters. The van der Waals surface area contributed by atoms with Gasteiger partial charge in [-0.05, 0) is 34.1 Å². The van der Waals surface area contributed by atoms with Crippen LogP contribution in [0.1, 0.15) is 16.2 Å². The first-order chi connectivity index (χ1) is 8.58. The molecule has 3 N–H and O–H groups in total. The minimum atomic E-state index is -0.197. The standard InChI is InChI=1S/C11H12BrN5O/c1-17-6-15-16-10(17)5-14-11(18)7-2-3-8(12)9(13)4-7/h2-4,6H,5,13H2,1H3,(H,14,18). The fourth-order valence-electron chi connectivity index (χ4n) is 1.41. The van der Waals surface area contributed by atoms with Gasteiger partial charge < -0.3 is 15.6 Å². The number of amides is 1. The third kappa shape index (κ3) is 2.67. The average molecular weight is 310 g/mol. The van der Waals surface area contributed by atoms with Gasteiger partial charge >= 0.3 is 0 Å². The molecule has 0 fully saturated rings. The van der Waals surface area contributed by atoms with E-state index in [0.717, 1.165) is 4.47 Å². The van der Waals surface area contributed by atoms with E-state index >= 15 is 0 Å². The van der Waals surface area contributed by atoms with E-state index in [1.807, 2.05) is 7.05 Å². The van der Waals surface area contributed by atoms with E-state index in [2.05, 4.69) is 31.4 Å². The van der Waals surface area contributed by atoms with Gasteiger partial charge in [0.1, 0.15) is 6.33 Å². The third-order valence-electron chi connectivity index (χ3n) is 2.47. The van der Waals surface area contributed by atoms with Crippen LogP contribution >= 0.6 is 15.9 Å². The number of aromatic nitrogens is 3. The molecule has 7 heteroatoms. The molecule has 6 nitrogen and oxygen atoms in total. The summed E-state index contributed by atoms with van der Waals surface area (Å²) in [6, 6.07) is 5.06. The minimum absolute atomic E-state index is 0.197. The number of aryl methyl sites for hydroxylation is 1. The highest BCUT2D eigenvalue weighted by Gasteiger charge is 2.08. The molecule has 2 aromatic rings. The Labute approximate surface area is 112 Å². The smallest absolute Gasteiger partial charge is 0.251 e. The quantitative estimate of drug-likeness (QED) is 0.831. The molecule has 0 aliphatic heterocycles. The molecule has 1 aromatic heterocycles. The van der Waals surface area contributed by atoms with Gasteiger partial charge in [-0.3, -0.25) is 4.79 Å². The number of rotatable bonds is 3. The SMILES string of the molecule is Cn1cnnc1CNC(=O)c1ccc(Br)c(N)c1. The second kappa shape index (κ2) is 5.18. The maximum atomic E-state index is 11.9. The number of hydrogen-bond acceptors (Lipinski definition) is 4. The lowest BCUT2D eigenvalue weighted by atomic mass is 10.2. The summed E-state index contributed by atoms with van der Waals surface area (Å²) in [6.07, 6.45) is 1.58. The van der Waals surface area contributed by atoms with E-state index < -0.39 is 0 Å². The zero-order valence-corrected chi connectivity index (χ0v) is 11.3. The molecule has 94 valence electrons. The molecule has 1 aromatic carbocycles. The lowest BCUT2D eigenvalue weighted by Crippen LogP contribution is -2.24. The van der Waals surface area contributed by atoms with Crippen LogP contribution in [0.4, 0.5) is 5.69 Å². The van der Waals surface area contributed by atoms with E-state index in [9.17, 15) is 4.79 Å². The van der Waals surface area contributed by atoms with Crippen molar-refractivity contribution < 1.29 is 4.79 Å². The van der Waals surface area contributed by atoms with Gasteiger partial charge in [-0.15, -0.1) is 10.2 Å². The number of nitrogens with two attached hydrogens (primary N) is 1. The molecular weight excluding hydrogens is 298 g/mol. The van der Waals surface area contributed by atoms with Gasteiger partial charge in [-0.25, -0.2) is 0 Å². The zero-order valence-electron chi connectivity index (χ0n) is 9.72. The topological polar surface area (TPSA) is 85.8 Å². The number of nitrogens with zero attached hydrogens (tertiary/aromatic N) is 3. The minimum Gasteiger partial charge on any atom is -0.398 e. The first kappa shape index (κ1) is 12.6. The maximum Gasteiger partial charge on any atom is 0.251 e. The van der Waals surface area contributed by atoms with Crippen LogP contribution in [0.3, 0.4) is 0 Å². The summed E-state index contributed by atoms with van der Waals surface area (Å²) in [4.78, 5) is 11.9. The number of nitrogens with one attached hydrogen (secondary N) is 1. The van der Waals surface area contributed by atoms with Gasteiger partial charge in [0.05, 0.1) is 6.54 Å². The van der Waals surface area contributed by atoms with Crippen molar-refractivity contribution in [3.63, 3.8) is 0 Å². The van der Waals surface area contributed by atoms with Crippen molar-refractivity contribution in [3.8, 4) is 0 Å². The first-order valence-corrected chi connectivity index (χ1v) is 6.03. The van der Waals surface area contributed by atoms with Crippen LogP contribution in [0.2, 0.25) is 0 Å². The van der Waals surface area contributed by atoms with Gasteiger partial charge in [-0.1, -0.05) is 0 Å². The number of carbonyl (C=O) groups excluding carboxylic acids is 1.